The van der Waals surface area contributed by atoms with Crippen LogP contribution in [0.2, 0.25) is 0 Å². The lowest BCUT2D eigenvalue weighted by atomic mass is 9.91. The van der Waals surface area contributed by atoms with Crippen molar-refractivity contribution in [1.82, 2.24) is 0 Å². The Labute approximate surface area is 96.1 Å². The first-order valence-corrected chi connectivity index (χ1v) is 5.44. The van der Waals surface area contributed by atoms with E-state index in [2.05, 4.69) is 0 Å². The second-order valence-electron chi connectivity index (χ2n) is 3.88. The zero-order valence-corrected chi connectivity index (χ0v) is 9.77. The number of methoxy groups -OCH3 is 1. The first-order chi connectivity index (χ1) is 7.66. The first kappa shape index (κ1) is 12.7. The van der Waals surface area contributed by atoms with E-state index in [0.717, 1.165) is 17.5 Å². The van der Waals surface area contributed by atoms with Crippen LogP contribution in [0.4, 0.5) is 0 Å². The summed E-state index contributed by atoms with van der Waals surface area (Å²) in [5, 5.41) is 9.21. The number of aliphatic carboxylic acids is 1. The number of rotatable bonds is 6. The molecule has 1 unspecified atom stereocenters. The summed E-state index contributed by atoms with van der Waals surface area (Å²) in [6.45, 7) is 2.55. The van der Waals surface area contributed by atoms with Crippen molar-refractivity contribution >= 4 is 5.97 Å². The van der Waals surface area contributed by atoms with Crippen LogP contribution in [0.1, 0.15) is 29.9 Å². The van der Waals surface area contributed by atoms with Crippen LogP contribution in [0.25, 0.3) is 0 Å². The average molecular weight is 222 g/mol. The average Bonchev–Trinajstić information content (AvgIpc) is 2.25. The molecule has 3 nitrogen and oxygen atoms in total. The van der Waals surface area contributed by atoms with Crippen LogP contribution < -0.4 is 0 Å². The van der Waals surface area contributed by atoms with Crippen LogP contribution in [0.5, 0.6) is 0 Å². The van der Waals surface area contributed by atoms with Crippen molar-refractivity contribution in [2.75, 3.05) is 13.7 Å². The third kappa shape index (κ3) is 3.35. The number of hydrogen-bond donors (Lipinski definition) is 1. The number of benzene rings is 1. The Kier molecular flexibility index (Phi) is 4.99. The Balaban J connectivity index is 2.78. The summed E-state index contributed by atoms with van der Waals surface area (Å²) in [6, 6.07) is 7.64. The van der Waals surface area contributed by atoms with Gasteiger partial charge in [-0.25, -0.2) is 0 Å². The van der Waals surface area contributed by atoms with Crippen molar-refractivity contribution in [3.63, 3.8) is 0 Å². The van der Waals surface area contributed by atoms with Crippen LogP contribution in [-0.4, -0.2) is 24.8 Å². The maximum Gasteiger partial charge on any atom is 0.310 e. The van der Waals surface area contributed by atoms with Crippen LogP contribution in [0.3, 0.4) is 0 Å². The third-order valence-electron chi connectivity index (χ3n) is 2.70. The molecule has 1 aromatic carbocycles. The van der Waals surface area contributed by atoms with E-state index in [1.165, 1.54) is 0 Å². The molecule has 0 radical (unpaired) electrons. The molecule has 0 aliphatic rings. The van der Waals surface area contributed by atoms with Crippen molar-refractivity contribution in [2.24, 2.45) is 0 Å². The van der Waals surface area contributed by atoms with E-state index in [9.17, 15) is 9.90 Å². The molecule has 1 aromatic rings. The smallest absolute Gasteiger partial charge is 0.310 e. The molecule has 88 valence electrons. The summed E-state index contributed by atoms with van der Waals surface area (Å²) in [5.74, 6) is -1.18. The SMILES string of the molecule is COCCCC(C(=O)O)c1ccccc1C. The minimum atomic E-state index is -0.759. The van der Waals surface area contributed by atoms with Crippen molar-refractivity contribution in [2.45, 2.75) is 25.7 Å². The molecule has 3 heteroatoms. The molecule has 16 heavy (non-hydrogen) atoms. The van der Waals surface area contributed by atoms with E-state index in [1.54, 1.807) is 7.11 Å². The fourth-order valence-corrected chi connectivity index (χ4v) is 1.82. The van der Waals surface area contributed by atoms with Gasteiger partial charge in [-0.15, -0.1) is 0 Å². The highest BCUT2D eigenvalue weighted by molar-refractivity contribution is 5.76. The van der Waals surface area contributed by atoms with E-state index in [0.29, 0.717) is 13.0 Å². The Morgan fingerprint density at radius 3 is 2.69 bits per heavy atom. The molecule has 0 saturated heterocycles. The Morgan fingerprint density at radius 2 is 2.12 bits per heavy atom. The summed E-state index contributed by atoms with van der Waals surface area (Å²) in [7, 11) is 1.63. The van der Waals surface area contributed by atoms with E-state index >= 15 is 0 Å². The van der Waals surface area contributed by atoms with E-state index < -0.39 is 11.9 Å². The highest BCUT2D eigenvalue weighted by Gasteiger charge is 2.20. The Bertz CT molecular complexity index is 347. The molecule has 1 N–H and O–H groups in total. The molecule has 1 atom stereocenters. The fraction of sp³-hybridized carbons (Fsp3) is 0.462. The maximum absolute atomic E-state index is 11.2. The Hall–Kier alpha value is -1.35. The van der Waals surface area contributed by atoms with Gasteiger partial charge in [0.2, 0.25) is 0 Å². The number of ether oxygens (including phenoxy) is 1. The predicted octanol–water partition coefficient (Wildman–Crippen LogP) is 2.59. The first-order valence-electron chi connectivity index (χ1n) is 5.44. The van der Waals surface area contributed by atoms with Crippen LogP contribution in [0.15, 0.2) is 24.3 Å². The van der Waals surface area contributed by atoms with Gasteiger partial charge < -0.3 is 9.84 Å². The highest BCUT2D eigenvalue weighted by Crippen LogP contribution is 2.24. The minimum Gasteiger partial charge on any atom is -0.481 e. The van der Waals surface area contributed by atoms with Gasteiger partial charge in [0.15, 0.2) is 0 Å². The quantitative estimate of drug-likeness (QED) is 0.752. The van der Waals surface area contributed by atoms with Gasteiger partial charge in [0.25, 0.3) is 0 Å². The largest absolute Gasteiger partial charge is 0.481 e. The van der Waals surface area contributed by atoms with E-state index in [4.69, 9.17) is 4.74 Å². The van der Waals surface area contributed by atoms with Crippen molar-refractivity contribution in [3.8, 4) is 0 Å². The number of carboxylic acids is 1. The van der Waals surface area contributed by atoms with Gasteiger partial charge in [0.1, 0.15) is 0 Å². The summed E-state index contributed by atoms with van der Waals surface area (Å²) >= 11 is 0. The summed E-state index contributed by atoms with van der Waals surface area (Å²) in [5.41, 5.74) is 1.94. The topological polar surface area (TPSA) is 46.5 Å². The van der Waals surface area contributed by atoms with Gasteiger partial charge in [0, 0.05) is 13.7 Å². The standard InChI is InChI=1S/C13H18O3/c1-10-6-3-4-7-11(10)12(13(14)15)8-5-9-16-2/h3-4,6-7,12H,5,8-9H2,1-2H3,(H,14,15). The third-order valence-corrected chi connectivity index (χ3v) is 2.70. The molecule has 0 spiro atoms. The van der Waals surface area contributed by atoms with Crippen LogP contribution in [0, 0.1) is 6.92 Å². The summed E-state index contributed by atoms with van der Waals surface area (Å²) < 4.78 is 4.95. The number of aryl methyl sites for hydroxylation is 1. The molecule has 0 heterocycles. The fourth-order valence-electron chi connectivity index (χ4n) is 1.82. The lowest BCUT2D eigenvalue weighted by molar-refractivity contribution is -0.139. The lowest BCUT2D eigenvalue weighted by Gasteiger charge is -2.14. The predicted molar refractivity (Wildman–Crippen MR) is 62.7 cm³/mol. The van der Waals surface area contributed by atoms with Gasteiger partial charge in [-0.1, -0.05) is 24.3 Å². The van der Waals surface area contributed by atoms with Crippen LogP contribution >= 0.6 is 0 Å². The molecule has 0 fully saturated rings. The zero-order chi connectivity index (χ0) is 12.0. The minimum absolute atomic E-state index is 0.420. The van der Waals surface area contributed by atoms with E-state index in [-0.39, 0.29) is 0 Å². The Morgan fingerprint density at radius 1 is 1.44 bits per heavy atom. The summed E-state index contributed by atoms with van der Waals surface area (Å²) in [6.07, 6.45) is 1.38. The monoisotopic (exact) mass is 222 g/mol. The lowest BCUT2D eigenvalue weighted by Crippen LogP contribution is -2.13. The van der Waals surface area contributed by atoms with Gasteiger partial charge in [-0.3, -0.25) is 4.79 Å². The van der Waals surface area contributed by atoms with E-state index in [1.807, 2.05) is 31.2 Å². The molecule has 0 aliphatic carbocycles. The summed E-state index contributed by atoms with van der Waals surface area (Å²) in [4.78, 5) is 11.2. The zero-order valence-electron chi connectivity index (χ0n) is 9.77. The van der Waals surface area contributed by atoms with Gasteiger partial charge in [0.05, 0.1) is 5.92 Å². The molecule has 1 rings (SSSR count). The van der Waals surface area contributed by atoms with Gasteiger partial charge >= 0.3 is 5.97 Å². The van der Waals surface area contributed by atoms with Crippen LogP contribution in [-0.2, 0) is 9.53 Å². The molecule has 0 aliphatic heterocycles. The molecule has 0 amide bonds. The number of carboxylic acid groups (broad SMARTS) is 1. The second kappa shape index (κ2) is 6.28. The second-order valence-corrected chi connectivity index (χ2v) is 3.88. The number of hydrogen-bond acceptors (Lipinski definition) is 2. The van der Waals surface area contributed by atoms with Crippen molar-refractivity contribution < 1.29 is 14.6 Å². The molecular formula is C13H18O3. The molecular weight excluding hydrogens is 204 g/mol. The molecule has 0 bridgehead atoms. The molecule has 0 saturated carbocycles. The highest BCUT2D eigenvalue weighted by atomic mass is 16.5. The number of carbonyl (C=O) groups is 1. The van der Waals surface area contributed by atoms with Gasteiger partial charge in [-0.2, -0.15) is 0 Å². The maximum atomic E-state index is 11.2. The van der Waals surface area contributed by atoms with Crippen molar-refractivity contribution in [3.05, 3.63) is 35.4 Å². The van der Waals surface area contributed by atoms with Gasteiger partial charge in [-0.05, 0) is 30.9 Å². The normalized spacial score (nSPS) is 12.4. The molecule has 0 aromatic heterocycles. The van der Waals surface area contributed by atoms with Crippen molar-refractivity contribution in [1.29, 1.82) is 0 Å².